The van der Waals surface area contributed by atoms with Crippen molar-refractivity contribution >= 4 is 5.91 Å². The zero-order valence-electron chi connectivity index (χ0n) is 17.2. The molecule has 0 saturated heterocycles. The molecule has 1 aromatic carbocycles. The Morgan fingerprint density at radius 1 is 0.969 bits per heavy atom. The van der Waals surface area contributed by atoms with Gasteiger partial charge >= 0.3 is 0 Å². The fraction of sp³-hybridized carbons (Fsp3) is 0.286. The van der Waals surface area contributed by atoms with Crippen LogP contribution in [0.3, 0.4) is 0 Å². The SMILES string of the molecule is O=C(NC1CCC(n2nc(-n3cncn3)ccc2=O)CC1)c1cnn(-c2ccccc2)n1. The first-order chi connectivity index (χ1) is 15.7. The Balaban J connectivity index is 1.21. The lowest BCUT2D eigenvalue weighted by Crippen LogP contribution is -2.39. The van der Waals surface area contributed by atoms with Gasteiger partial charge in [-0.1, -0.05) is 18.2 Å². The molecule has 1 saturated carbocycles. The van der Waals surface area contributed by atoms with E-state index in [-0.39, 0.29) is 29.2 Å². The molecule has 1 aliphatic carbocycles. The minimum Gasteiger partial charge on any atom is -0.348 e. The van der Waals surface area contributed by atoms with E-state index in [4.69, 9.17) is 0 Å². The van der Waals surface area contributed by atoms with Crippen molar-refractivity contribution in [2.24, 2.45) is 0 Å². The standard InChI is InChI=1S/C21H21N9O2/c31-20-11-10-19(28-14-22-13-24-28)27-29(20)16-8-6-15(7-9-16)25-21(32)18-12-23-30(26-18)17-4-2-1-3-5-17/h1-5,10-16H,6-9H2,(H,25,32). The molecule has 4 aromatic rings. The maximum atomic E-state index is 12.6. The Hall–Kier alpha value is -4.15. The van der Waals surface area contributed by atoms with Crippen molar-refractivity contribution in [3.05, 3.63) is 77.4 Å². The molecule has 0 spiro atoms. The Labute approximate surface area is 182 Å². The number of benzene rings is 1. The van der Waals surface area contributed by atoms with Crippen molar-refractivity contribution in [3.63, 3.8) is 0 Å². The molecule has 1 fully saturated rings. The van der Waals surface area contributed by atoms with Crippen LogP contribution in [0.2, 0.25) is 0 Å². The molecule has 11 heteroatoms. The fourth-order valence-corrected chi connectivity index (χ4v) is 3.90. The van der Waals surface area contributed by atoms with Gasteiger partial charge in [-0.3, -0.25) is 9.59 Å². The van der Waals surface area contributed by atoms with Crippen LogP contribution in [0.25, 0.3) is 11.5 Å². The van der Waals surface area contributed by atoms with Crippen molar-refractivity contribution in [1.82, 2.24) is 44.9 Å². The van der Waals surface area contributed by atoms with Crippen molar-refractivity contribution in [2.45, 2.75) is 37.8 Å². The highest BCUT2D eigenvalue weighted by Crippen LogP contribution is 2.27. The minimum atomic E-state index is -0.251. The highest BCUT2D eigenvalue weighted by molar-refractivity contribution is 5.92. The van der Waals surface area contributed by atoms with E-state index in [2.05, 4.69) is 30.7 Å². The number of carbonyl (C=O) groups is 1. The maximum Gasteiger partial charge on any atom is 0.273 e. The molecule has 1 amide bonds. The summed E-state index contributed by atoms with van der Waals surface area (Å²) in [5.74, 6) is 0.290. The number of hydrogen-bond acceptors (Lipinski definition) is 7. The molecule has 0 atom stereocenters. The Kier molecular flexibility index (Phi) is 5.28. The van der Waals surface area contributed by atoms with Crippen LogP contribution in [0.4, 0.5) is 0 Å². The number of para-hydroxylation sites is 1. The van der Waals surface area contributed by atoms with E-state index in [1.807, 2.05) is 30.3 Å². The highest BCUT2D eigenvalue weighted by atomic mass is 16.2. The van der Waals surface area contributed by atoms with E-state index in [1.54, 1.807) is 6.07 Å². The molecule has 0 radical (unpaired) electrons. The number of nitrogens with zero attached hydrogens (tertiary/aromatic N) is 8. The second-order valence-corrected chi connectivity index (χ2v) is 7.65. The normalized spacial score (nSPS) is 18.4. The summed E-state index contributed by atoms with van der Waals surface area (Å²) in [6.45, 7) is 0. The van der Waals surface area contributed by atoms with Crippen LogP contribution in [0.5, 0.6) is 0 Å². The number of amides is 1. The summed E-state index contributed by atoms with van der Waals surface area (Å²) in [6, 6.07) is 12.5. The summed E-state index contributed by atoms with van der Waals surface area (Å²) in [4.78, 5) is 30.4. The zero-order valence-corrected chi connectivity index (χ0v) is 17.2. The molecular weight excluding hydrogens is 410 g/mol. The highest BCUT2D eigenvalue weighted by Gasteiger charge is 2.26. The van der Waals surface area contributed by atoms with Gasteiger partial charge < -0.3 is 5.32 Å². The maximum absolute atomic E-state index is 12.6. The van der Waals surface area contributed by atoms with Gasteiger partial charge in [0.2, 0.25) is 0 Å². The lowest BCUT2D eigenvalue weighted by molar-refractivity contribution is 0.0916. The number of nitrogens with one attached hydrogen (secondary N) is 1. The third-order valence-electron chi connectivity index (χ3n) is 5.55. The van der Waals surface area contributed by atoms with E-state index in [0.29, 0.717) is 5.82 Å². The monoisotopic (exact) mass is 431 g/mol. The summed E-state index contributed by atoms with van der Waals surface area (Å²) in [6.07, 6.45) is 7.37. The van der Waals surface area contributed by atoms with Gasteiger partial charge in [0.25, 0.3) is 11.5 Å². The van der Waals surface area contributed by atoms with E-state index in [9.17, 15) is 9.59 Å². The van der Waals surface area contributed by atoms with Gasteiger partial charge in [-0.2, -0.15) is 15.0 Å². The lowest BCUT2D eigenvalue weighted by atomic mass is 9.91. The van der Waals surface area contributed by atoms with E-state index >= 15 is 0 Å². The summed E-state index contributed by atoms with van der Waals surface area (Å²) in [5, 5.41) is 20.0. The first-order valence-corrected chi connectivity index (χ1v) is 10.4. The van der Waals surface area contributed by atoms with Gasteiger partial charge in [0.1, 0.15) is 12.7 Å². The van der Waals surface area contributed by atoms with E-state index < -0.39 is 0 Å². The smallest absolute Gasteiger partial charge is 0.273 e. The second-order valence-electron chi connectivity index (χ2n) is 7.65. The number of rotatable bonds is 5. The van der Waals surface area contributed by atoms with E-state index in [1.165, 1.54) is 39.1 Å². The average Bonchev–Trinajstić information content (AvgIpc) is 3.54. The third kappa shape index (κ3) is 4.04. The quantitative estimate of drug-likeness (QED) is 0.505. The largest absolute Gasteiger partial charge is 0.348 e. The summed E-state index contributed by atoms with van der Waals surface area (Å²) in [5.41, 5.74) is 0.909. The van der Waals surface area contributed by atoms with Crippen LogP contribution in [0, 0.1) is 0 Å². The van der Waals surface area contributed by atoms with E-state index in [0.717, 1.165) is 31.4 Å². The molecule has 11 nitrogen and oxygen atoms in total. The summed E-state index contributed by atoms with van der Waals surface area (Å²) < 4.78 is 3.03. The fourth-order valence-electron chi connectivity index (χ4n) is 3.90. The summed E-state index contributed by atoms with van der Waals surface area (Å²) >= 11 is 0. The molecule has 0 aliphatic heterocycles. The van der Waals surface area contributed by atoms with Gasteiger partial charge in [-0.05, 0) is 43.9 Å². The van der Waals surface area contributed by atoms with Crippen LogP contribution in [0.1, 0.15) is 42.2 Å². The summed E-state index contributed by atoms with van der Waals surface area (Å²) in [7, 11) is 0. The van der Waals surface area contributed by atoms with Crippen LogP contribution >= 0.6 is 0 Å². The third-order valence-corrected chi connectivity index (χ3v) is 5.55. The van der Waals surface area contributed by atoms with Crippen LogP contribution < -0.4 is 10.9 Å². The topological polar surface area (TPSA) is 125 Å². The average molecular weight is 431 g/mol. The Morgan fingerprint density at radius 3 is 2.53 bits per heavy atom. The predicted octanol–water partition coefficient (Wildman–Crippen LogP) is 1.32. The molecule has 0 bridgehead atoms. The molecule has 0 unspecified atom stereocenters. The first-order valence-electron chi connectivity index (χ1n) is 10.4. The van der Waals surface area contributed by atoms with Crippen molar-refractivity contribution in [1.29, 1.82) is 0 Å². The second kappa shape index (κ2) is 8.53. The van der Waals surface area contributed by atoms with Crippen LogP contribution in [-0.2, 0) is 0 Å². The van der Waals surface area contributed by atoms with Gasteiger partial charge in [0, 0.05) is 12.1 Å². The van der Waals surface area contributed by atoms with Crippen LogP contribution in [-0.4, -0.2) is 51.5 Å². The van der Waals surface area contributed by atoms with Crippen molar-refractivity contribution in [2.75, 3.05) is 0 Å². The molecular formula is C21H21N9O2. The lowest BCUT2D eigenvalue weighted by Gasteiger charge is -2.29. The van der Waals surface area contributed by atoms with Crippen molar-refractivity contribution < 1.29 is 4.79 Å². The van der Waals surface area contributed by atoms with Crippen molar-refractivity contribution in [3.8, 4) is 11.5 Å². The number of aromatic nitrogens is 8. The van der Waals surface area contributed by atoms with Crippen LogP contribution in [0.15, 0.2) is 66.1 Å². The van der Waals surface area contributed by atoms with Gasteiger partial charge in [0.15, 0.2) is 11.5 Å². The molecule has 5 rings (SSSR count). The molecule has 162 valence electrons. The van der Waals surface area contributed by atoms with Gasteiger partial charge in [-0.15, -0.1) is 10.2 Å². The van der Waals surface area contributed by atoms with Gasteiger partial charge in [-0.25, -0.2) is 14.3 Å². The number of hydrogen-bond donors (Lipinski definition) is 1. The predicted molar refractivity (Wildman–Crippen MR) is 114 cm³/mol. The molecule has 32 heavy (non-hydrogen) atoms. The Morgan fingerprint density at radius 2 is 1.78 bits per heavy atom. The van der Waals surface area contributed by atoms with Gasteiger partial charge in [0.05, 0.1) is 17.9 Å². The molecule has 1 aliphatic rings. The Bertz CT molecular complexity index is 1260. The zero-order chi connectivity index (χ0) is 21.9. The first kappa shape index (κ1) is 19.8. The molecule has 3 heterocycles. The molecule has 3 aromatic heterocycles. The number of carbonyl (C=O) groups excluding carboxylic acids is 1. The molecule has 1 N–H and O–H groups in total. The minimum absolute atomic E-state index is 0.00910.